The van der Waals surface area contributed by atoms with Gasteiger partial charge >= 0.3 is 11.9 Å². The van der Waals surface area contributed by atoms with Crippen LogP contribution < -0.4 is 0 Å². The number of allylic oxidation sites excluding steroid dienone is 1. The van der Waals surface area contributed by atoms with Crippen LogP contribution in [0.3, 0.4) is 0 Å². The van der Waals surface area contributed by atoms with Crippen molar-refractivity contribution in [2.45, 2.75) is 40.5 Å². The second-order valence-corrected chi connectivity index (χ2v) is 3.14. The SMILES string of the molecule is CCCC(=O)OC(=O)C(C)=C(C)C.[Hf]. The van der Waals surface area contributed by atoms with E-state index in [0.29, 0.717) is 18.4 Å². The molecule has 0 N–H and O–H groups in total. The maximum Gasteiger partial charge on any atom is 0.341 e. The smallest absolute Gasteiger partial charge is 0.341 e. The predicted octanol–water partition coefficient (Wildman–Crippen LogP) is 2.21. The van der Waals surface area contributed by atoms with Gasteiger partial charge in [0.1, 0.15) is 0 Å². The summed E-state index contributed by atoms with van der Waals surface area (Å²) >= 11 is 0. The van der Waals surface area contributed by atoms with E-state index in [9.17, 15) is 9.59 Å². The number of esters is 2. The van der Waals surface area contributed by atoms with Crippen LogP contribution in [0.2, 0.25) is 0 Å². The summed E-state index contributed by atoms with van der Waals surface area (Å²) in [5.41, 5.74) is 1.37. The predicted molar refractivity (Wildman–Crippen MR) is 50.1 cm³/mol. The van der Waals surface area contributed by atoms with Crippen molar-refractivity contribution in [3.8, 4) is 0 Å². The zero-order valence-corrected chi connectivity index (χ0v) is 12.7. The van der Waals surface area contributed by atoms with Crippen molar-refractivity contribution < 1.29 is 40.2 Å². The van der Waals surface area contributed by atoms with E-state index in [0.717, 1.165) is 5.57 Å². The van der Waals surface area contributed by atoms with Gasteiger partial charge in [-0.25, -0.2) is 4.79 Å². The number of carbonyl (C=O) groups excluding carboxylic acids is 2. The third kappa shape index (κ3) is 6.24. The molecule has 0 saturated heterocycles. The van der Waals surface area contributed by atoms with E-state index in [2.05, 4.69) is 4.74 Å². The molecule has 0 amide bonds. The van der Waals surface area contributed by atoms with Gasteiger partial charge in [-0.1, -0.05) is 12.5 Å². The molecule has 0 aliphatic rings. The Morgan fingerprint density at radius 2 is 1.64 bits per heavy atom. The van der Waals surface area contributed by atoms with Crippen LogP contribution in [0.4, 0.5) is 0 Å². The summed E-state index contributed by atoms with van der Waals surface area (Å²) < 4.78 is 4.58. The van der Waals surface area contributed by atoms with Gasteiger partial charge in [-0.15, -0.1) is 0 Å². The zero-order chi connectivity index (χ0) is 10.4. The van der Waals surface area contributed by atoms with Gasteiger partial charge in [0.2, 0.25) is 0 Å². The summed E-state index contributed by atoms with van der Waals surface area (Å²) in [6.45, 7) is 7.12. The molecule has 0 atom stereocenters. The molecule has 0 radical (unpaired) electrons. The normalized spacial score (nSPS) is 8.57. The van der Waals surface area contributed by atoms with E-state index in [-0.39, 0.29) is 25.8 Å². The minimum absolute atomic E-state index is 0. The Hall–Kier alpha value is -0.250. The number of rotatable bonds is 3. The van der Waals surface area contributed by atoms with E-state index in [1.807, 2.05) is 6.92 Å². The Kier molecular flexibility index (Phi) is 9.36. The molecule has 0 saturated carbocycles. The third-order valence-corrected chi connectivity index (χ3v) is 1.72. The van der Waals surface area contributed by atoms with Crippen molar-refractivity contribution in [2.24, 2.45) is 0 Å². The molecule has 0 aliphatic heterocycles. The molecular formula is C10H16HfO3. The fourth-order valence-corrected chi connectivity index (χ4v) is 0.639. The minimum atomic E-state index is -0.529. The van der Waals surface area contributed by atoms with Crippen molar-refractivity contribution in [1.29, 1.82) is 0 Å². The molecule has 0 aromatic rings. The Morgan fingerprint density at radius 1 is 1.14 bits per heavy atom. The average molecular weight is 363 g/mol. The van der Waals surface area contributed by atoms with Crippen LogP contribution in [0.1, 0.15) is 40.5 Å². The second-order valence-electron chi connectivity index (χ2n) is 3.14. The van der Waals surface area contributed by atoms with Crippen molar-refractivity contribution >= 4 is 11.9 Å². The Balaban J connectivity index is 0. The average Bonchev–Trinajstić information content (AvgIpc) is 2.03. The van der Waals surface area contributed by atoms with Crippen molar-refractivity contribution in [3.63, 3.8) is 0 Å². The van der Waals surface area contributed by atoms with E-state index in [1.165, 1.54) is 0 Å². The maximum atomic E-state index is 11.2. The van der Waals surface area contributed by atoms with Crippen LogP contribution in [0.15, 0.2) is 11.1 Å². The van der Waals surface area contributed by atoms with Crippen LogP contribution in [0, 0.1) is 0 Å². The van der Waals surface area contributed by atoms with Gasteiger partial charge in [-0.2, -0.15) is 0 Å². The second kappa shape index (κ2) is 8.09. The van der Waals surface area contributed by atoms with Gasteiger partial charge in [0.05, 0.1) is 0 Å². The summed E-state index contributed by atoms with van der Waals surface area (Å²) in [5.74, 6) is -0.980. The summed E-state index contributed by atoms with van der Waals surface area (Å²) in [7, 11) is 0. The first-order valence-electron chi connectivity index (χ1n) is 4.38. The van der Waals surface area contributed by atoms with E-state index in [4.69, 9.17) is 0 Å². The Bertz CT molecular complexity index is 240. The van der Waals surface area contributed by atoms with Crippen LogP contribution in [-0.2, 0) is 40.2 Å². The Morgan fingerprint density at radius 3 is 2.00 bits per heavy atom. The fraction of sp³-hybridized carbons (Fsp3) is 0.600. The molecular weight excluding hydrogens is 347 g/mol. The number of carbonyl (C=O) groups is 2. The minimum Gasteiger partial charge on any atom is -0.390 e. The van der Waals surface area contributed by atoms with Crippen molar-refractivity contribution in [3.05, 3.63) is 11.1 Å². The maximum absolute atomic E-state index is 11.2. The number of hydrogen-bond donors (Lipinski definition) is 0. The molecule has 0 rings (SSSR count). The van der Waals surface area contributed by atoms with Crippen molar-refractivity contribution in [1.82, 2.24) is 0 Å². The standard InChI is InChI=1S/C10H16O3.Hf/c1-5-6-9(11)13-10(12)8(4)7(2)3;/h5-6H2,1-4H3;. The van der Waals surface area contributed by atoms with Crippen LogP contribution in [0.5, 0.6) is 0 Å². The third-order valence-electron chi connectivity index (χ3n) is 1.72. The summed E-state index contributed by atoms with van der Waals surface area (Å²) in [5, 5.41) is 0. The van der Waals surface area contributed by atoms with Gasteiger partial charge < -0.3 is 4.74 Å². The molecule has 4 heteroatoms. The first-order valence-corrected chi connectivity index (χ1v) is 4.38. The van der Waals surface area contributed by atoms with Crippen LogP contribution in [0.25, 0.3) is 0 Å². The molecule has 0 bridgehead atoms. The molecule has 0 aromatic heterocycles. The largest absolute Gasteiger partial charge is 0.390 e. The van der Waals surface area contributed by atoms with Crippen molar-refractivity contribution in [2.75, 3.05) is 0 Å². The number of hydrogen-bond acceptors (Lipinski definition) is 3. The first kappa shape index (κ1) is 16.2. The first-order chi connectivity index (χ1) is 5.99. The summed E-state index contributed by atoms with van der Waals surface area (Å²) in [4.78, 5) is 22.1. The molecule has 0 heterocycles. The fourth-order valence-electron chi connectivity index (χ4n) is 0.639. The van der Waals surface area contributed by atoms with E-state index in [1.54, 1.807) is 20.8 Å². The van der Waals surface area contributed by atoms with Gasteiger partial charge in [0.25, 0.3) is 0 Å². The Labute approximate surface area is 104 Å². The van der Waals surface area contributed by atoms with Crippen LogP contribution in [-0.4, -0.2) is 11.9 Å². The summed E-state index contributed by atoms with van der Waals surface area (Å²) in [6, 6.07) is 0. The van der Waals surface area contributed by atoms with Gasteiger partial charge in [0, 0.05) is 37.8 Å². The molecule has 0 aliphatic carbocycles. The molecule has 0 fully saturated rings. The van der Waals surface area contributed by atoms with Crippen LogP contribution >= 0.6 is 0 Å². The molecule has 78 valence electrons. The topological polar surface area (TPSA) is 43.4 Å². The van der Waals surface area contributed by atoms with Gasteiger partial charge in [-0.3, -0.25) is 4.79 Å². The van der Waals surface area contributed by atoms with E-state index >= 15 is 0 Å². The zero-order valence-electron chi connectivity index (χ0n) is 9.14. The summed E-state index contributed by atoms with van der Waals surface area (Å²) in [6.07, 6.45) is 0.988. The van der Waals surface area contributed by atoms with Gasteiger partial charge in [0.15, 0.2) is 0 Å². The molecule has 0 spiro atoms. The number of ether oxygens (including phenoxy) is 1. The van der Waals surface area contributed by atoms with E-state index < -0.39 is 11.9 Å². The molecule has 0 aromatic carbocycles. The van der Waals surface area contributed by atoms with Gasteiger partial charge in [-0.05, 0) is 27.2 Å². The quantitative estimate of drug-likeness (QED) is 0.335. The molecule has 3 nitrogen and oxygen atoms in total. The monoisotopic (exact) mass is 364 g/mol. The molecule has 14 heavy (non-hydrogen) atoms. The molecule has 0 unspecified atom stereocenters.